The minimum Gasteiger partial charge on any atom is -0.504 e. The van der Waals surface area contributed by atoms with Crippen LogP contribution in [0, 0.1) is 5.92 Å². The third-order valence-corrected chi connectivity index (χ3v) is 4.85. The molecular formula is C21H36N4O3. The lowest BCUT2D eigenvalue weighted by atomic mass is 10.0. The number of rotatable bonds is 9. The zero-order valence-electron chi connectivity index (χ0n) is 17.7. The van der Waals surface area contributed by atoms with Gasteiger partial charge in [-0.3, -0.25) is 4.90 Å². The summed E-state index contributed by atoms with van der Waals surface area (Å²) >= 11 is 0. The van der Waals surface area contributed by atoms with Crippen molar-refractivity contribution >= 4 is 5.96 Å². The molecule has 1 aliphatic heterocycles. The highest BCUT2D eigenvalue weighted by Crippen LogP contribution is 2.27. The van der Waals surface area contributed by atoms with Gasteiger partial charge in [-0.05, 0) is 37.5 Å². The molecule has 0 aliphatic carbocycles. The molecule has 1 saturated heterocycles. The first-order valence-electron chi connectivity index (χ1n) is 10.3. The van der Waals surface area contributed by atoms with Crippen molar-refractivity contribution in [2.75, 3.05) is 46.0 Å². The molecule has 0 radical (unpaired) electrons. The number of hydrogen-bond donors (Lipinski definition) is 3. The molecule has 158 valence electrons. The van der Waals surface area contributed by atoms with Gasteiger partial charge in [0.05, 0.1) is 26.4 Å². The fourth-order valence-corrected chi connectivity index (χ4v) is 3.34. The number of nitrogens with one attached hydrogen (secondary N) is 2. The Morgan fingerprint density at radius 2 is 2.00 bits per heavy atom. The highest BCUT2D eigenvalue weighted by Gasteiger charge is 2.23. The van der Waals surface area contributed by atoms with E-state index in [4.69, 9.17) is 14.5 Å². The molecule has 1 heterocycles. The summed E-state index contributed by atoms with van der Waals surface area (Å²) in [6, 6.07) is 5.81. The Morgan fingerprint density at radius 1 is 1.25 bits per heavy atom. The summed E-state index contributed by atoms with van der Waals surface area (Å²) in [5, 5.41) is 16.7. The Kier molecular flexibility index (Phi) is 9.37. The largest absolute Gasteiger partial charge is 0.504 e. The second-order valence-corrected chi connectivity index (χ2v) is 7.27. The summed E-state index contributed by atoms with van der Waals surface area (Å²) in [5.74, 6) is 2.00. The molecule has 1 aromatic carbocycles. The van der Waals surface area contributed by atoms with Gasteiger partial charge in [0.15, 0.2) is 17.5 Å². The second-order valence-electron chi connectivity index (χ2n) is 7.27. The van der Waals surface area contributed by atoms with E-state index in [-0.39, 0.29) is 5.75 Å². The summed E-state index contributed by atoms with van der Waals surface area (Å²) in [7, 11) is 0. The van der Waals surface area contributed by atoms with Gasteiger partial charge in [-0.15, -0.1) is 0 Å². The Bertz CT molecular complexity index is 616. The number of guanidine groups is 1. The molecule has 1 atom stereocenters. The Hall–Kier alpha value is -1.99. The summed E-state index contributed by atoms with van der Waals surface area (Å²) in [5.41, 5.74) is 0.993. The van der Waals surface area contributed by atoms with E-state index in [1.165, 1.54) is 0 Å². The molecule has 28 heavy (non-hydrogen) atoms. The number of aromatic hydroxyl groups is 1. The van der Waals surface area contributed by atoms with E-state index in [0.717, 1.165) is 50.9 Å². The number of morpholine rings is 1. The summed E-state index contributed by atoms with van der Waals surface area (Å²) in [6.45, 7) is 14.7. The van der Waals surface area contributed by atoms with Crippen LogP contribution in [0.25, 0.3) is 0 Å². The predicted octanol–water partition coefficient (Wildman–Crippen LogP) is 2.20. The van der Waals surface area contributed by atoms with Crippen LogP contribution in [-0.4, -0.2) is 68.0 Å². The van der Waals surface area contributed by atoms with Crippen molar-refractivity contribution in [2.24, 2.45) is 10.9 Å². The fourth-order valence-electron chi connectivity index (χ4n) is 3.34. The van der Waals surface area contributed by atoms with Crippen LogP contribution in [0.4, 0.5) is 0 Å². The van der Waals surface area contributed by atoms with Gasteiger partial charge >= 0.3 is 0 Å². The number of hydrogen-bond acceptors (Lipinski definition) is 5. The zero-order valence-corrected chi connectivity index (χ0v) is 17.7. The third-order valence-electron chi connectivity index (χ3n) is 4.85. The van der Waals surface area contributed by atoms with Crippen molar-refractivity contribution < 1.29 is 14.6 Å². The zero-order chi connectivity index (χ0) is 20.4. The van der Waals surface area contributed by atoms with Crippen molar-refractivity contribution in [3.8, 4) is 11.5 Å². The average Bonchev–Trinajstić information content (AvgIpc) is 2.69. The molecule has 0 saturated carbocycles. The van der Waals surface area contributed by atoms with Crippen LogP contribution in [0.5, 0.6) is 11.5 Å². The lowest BCUT2D eigenvalue weighted by molar-refractivity contribution is 0.00752. The maximum absolute atomic E-state index is 9.85. The second kappa shape index (κ2) is 11.8. The van der Waals surface area contributed by atoms with Crippen LogP contribution in [0.1, 0.15) is 33.3 Å². The van der Waals surface area contributed by atoms with Crippen molar-refractivity contribution in [3.05, 3.63) is 23.8 Å². The minimum atomic E-state index is 0.157. The molecule has 0 aromatic heterocycles. The molecule has 7 heteroatoms. The van der Waals surface area contributed by atoms with E-state index < -0.39 is 0 Å². The number of benzene rings is 1. The van der Waals surface area contributed by atoms with E-state index in [9.17, 15) is 5.11 Å². The molecule has 3 N–H and O–H groups in total. The normalized spacial score (nSPS) is 16.8. The summed E-state index contributed by atoms with van der Waals surface area (Å²) in [4.78, 5) is 7.20. The molecule has 0 amide bonds. The van der Waals surface area contributed by atoms with Gasteiger partial charge in [0, 0.05) is 32.2 Å². The quantitative estimate of drug-likeness (QED) is 0.442. The average molecular weight is 393 g/mol. The number of ether oxygens (including phenoxy) is 2. The van der Waals surface area contributed by atoms with Crippen LogP contribution in [0.2, 0.25) is 0 Å². The van der Waals surface area contributed by atoms with E-state index in [1.54, 1.807) is 6.07 Å². The van der Waals surface area contributed by atoms with E-state index in [2.05, 4.69) is 36.3 Å². The van der Waals surface area contributed by atoms with Crippen LogP contribution in [-0.2, 0) is 11.3 Å². The molecule has 1 unspecified atom stereocenters. The fraction of sp³-hybridized carbons (Fsp3) is 0.667. The smallest absolute Gasteiger partial charge is 0.191 e. The molecule has 7 nitrogen and oxygen atoms in total. The van der Waals surface area contributed by atoms with Gasteiger partial charge in [-0.1, -0.05) is 19.9 Å². The van der Waals surface area contributed by atoms with Crippen molar-refractivity contribution in [3.63, 3.8) is 0 Å². The van der Waals surface area contributed by atoms with E-state index >= 15 is 0 Å². The number of nitrogens with zero attached hydrogens (tertiary/aromatic N) is 2. The lowest BCUT2D eigenvalue weighted by Gasteiger charge is -2.37. The SMILES string of the molecule is CCNC(=NCc1ccc(O)c(OCC)c1)NCC(C(C)C)N1CCOCC1. The Labute approximate surface area is 169 Å². The van der Waals surface area contributed by atoms with Crippen LogP contribution in [0.15, 0.2) is 23.2 Å². The van der Waals surface area contributed by atoms with Gasteiger partial charge < -0.3 is 25.2 Å². The van der Waals surface area contributed by atoms with Crippen LogP contribution < -0.4 is 15.4 Å². The molecule has 0 bridgehead atoms. The molecule has 0 spiro atoms. The molecule has 1 aliphatic rings. The first-order chi connectivity index (χ1) is 13.5. The monoisotopic (exact) mass is 392 g/mol. The first-order valence-corrected chi connectivity index (χ1v) is 10.3. The molecular weight excluding hydrogens is 356 g/mol. The van der Waals surface area contributed by atoms with Gasteiger partial charge in [-0.2, -0.15) is 0 Å². The molecule has 1 aromatic rings. The molecule has 2 rings (SSSR count). The van der Waals surface area contributed by atoms with Crippen molar-refractivity contribution in [2.45, 2.75) is 40.3 Å². The van der Waals surface area contributed by atoms with Gasteiger partial charge in [0.25, 0.3) is 0 Å². The van der Waals surface area contributed by atoms with Crippen LogP contribution in [0.3, 0.4) is 0 Å². The topological polar surface area (TPSA) is 78.4 Å². The number of phenols is 1. The van der Waals surface area contributed by atoms with Crippen molar-refractivity contribution in [1.29, 1.82) is 0 Å². The van der Waals surface area contributed by atoms with E-state index in [1.807, 2.05) is 19.1 Å². The maximum Gasteiger partial charge on any atom is 0.191 e. The number of phenolic OH excluding ortho intramolecular Hbond substituents is 1. The maximum atomic E-state index is 9.85. The van der Waals surface area contributed by atoms with Crippen molar-refractivity contribution in [1.82, 2.24) is 15.5 Å². The Balaban J connectivity index is 2.00. The highest BCUT2D eigenvalue weighted by molar-refractivity contribution is 5.79. The van der Waals surface area contributed by atoms with E-state index in [0.29, 0.717) is 30.9 Å². The van der Waals surface area contributed by atoms with Gasteiger partial charge in [0.1, 0.15) is 0 Å². The van der Waals surface area contributed by atoms with Gasteiger partial charge in [-0.25, -0.2) is 4.99 Å². The lowest BCUT2D eigenvalue weighted by Crippen LogP contribution is -2.52. The predicted molar refractivity (Wildman–Crippen MR) is 113 cm³/mol. The summed E-state index contributed by atoms with van der Waals surface area (Å²) < 4.78 is 10.9. The summed E-state index contributed by atoms with van der Waals surface area (Å²) in [6.07, 6.45) is 0. The minimum absolute atomic E-state index is 0.157. The number of aliphatic imine (C=N–C) groups is 1. The highest BCUT2D eigenvalue weighted by atomic mass is 16.5. The molecule has 1 fully saturated rings. The Morgan fingerprint density at radius 3 is 2.64 bits per heavy atom. The first kappa shape index (κ1) is 22.3. The standard InChI is InChI=1S/C21H36N4O3/c1-5-22-21(23-14-17-7-8-19(26)20(13-17)28-6-2)24-15-18(16(3)4)25-9-11-27-12-10-25/h7-8,13,16,18,26H,5-6,9-12,14-15H2,1-4H3,(H2,22,23,24). The van der Waals surface area contributed by atoms with Gasteiger partial charge in [0.2, 0.25) is 0 Å². The third kappa shape index (κ3) is 6.87. The van der Waals surface area contributed by atoms with Crippen LogP contribution >= 0.6 is 0 Å².